The van der Waals surface area contributed by atoms with Crippen LogP contribution >= 0.6 is 0 Å². The first kappa shape index (κ1) is 18.4. The van der Waals surface area contributed by atoms with E-state index >= 15 is 0 Å². The van der Waals surface area contributed by atoms with Gasteiger partial charge in [0.25, 0.3) is 0 Å². The first-order chi connectivity index (χ1) is 12.4. The van der Waals surface area contributed by atoms with Crippen molar-refractivity contribution < 1.29 is 17.9 Å². The Morgan fingerprint density at radius 2 is 1.88 bits per heavy atom. The molecule has 3 rings (SSSR count). The van der Waals surface area contributed by atoms with Crippen molar-refractivity contribution in [1.29, 1.82) is 0 Å². The topological polar surface area (TPSA) is 111 Å². The second kappa shape index (κ2) is 7.45. The van der Waals surface area contributed by atoms with Crippen LogP contribution in [0, 0.1) is 0 Å². The average Bonchev–Trinajstić information content (AvgIpc) is 3.45. The first-order valence-corrected chi connectivity index (χ1v) is 9.71. The van der Waals surface area contributed by atoms with Gasteiger partial charge in [-0.2, -0.15) is 0 Å². The summed E-state index contributed by atoms with van der Waals surface area (Å²) in [6, 6.07) is 12.5. The van der Waals surface area contributed by atoms with Crippen LogP contribution in [0.3, 0.4) is 0 Å². The summed E-state index contributed by atoms with van der Waals surface area (Å²) in [7, 11) is -2.33. The molecule has 138 valence electrons. The van der Waals surface area contributed by atoms with Crippen molar-refractivity contribution in [1.82, 2.24) is 4.72 Å². The Morgan fingerprint density at radius 3 is 2.50 bits per heavy atom. The Labute approximate surface area is 152 Å². The van der Waals surface area contributed by atoms with E-state index in [4.69, 9.17) is 10.5 Å². The molecule has 0 spiro atoms. The molecule has 0 heterocycles. The van der Waals surface area contributed by atoms with Gasteiger partial charge in [-0.15, -0.1) is 0 Å². The van der Waals surface area contributed by atoms with Crippen LogP contribution in [0.25, 0.3) is 0 Å². The van der Waals surface area contributed by atoms with Crippen molar-refractivity contribution in [3.8, 4) is 5.75 Å². The number of hydrogen-bond acceptors (Lipinski definition) is 5. The van der Waals surface area contributed by atoms with Crippen molar-refractivity contribution in [3.63, 3.8) is 0 Å². The normalized spacial score (nSPS) is 15.3. The lowest BCUT2D eigenvalue weighted by Gasteiger charge is -2.15. The number of benzene rings is 2. The summed E-state index contributed by atoms with van der Waals surface area (Å²) in [4.78, 5) is 12.4. The summed E-state index contributed by atoms with van der Waals surface area (Å²) in [6.07, 6.45) is 1.65. The number of sulfonamides is 1. The molecule has 26 heavy (non-hydrogen) atoms. The second-order valence-electron chi connectivity index (χ2n) is 6.14. The van der Waals surface area contributed by atoms with Gasteiger partial charge >= 0.3 is 0 Å². The number of hydrogen-bond donors (Lipinski definition) is 3. The molecule has 0 aromatic heterocycles. The van der Waals surface area contributed by atoms with Crippen molar-refractivity contribution in [2.75, 3.05) is 12.4 Å². The molecular formula is C18H21N3O4S. The minimum atomic E-state index is -3.73. The lowest BCUT2D eigenvalue weighted by molar-refractivity contribution is -0.117. The third-order valence-electron chi connectivity index (χ3n) is 4.06. The van der Waals surface area contributed by atoms with E-state index in [2.05, 4.69) is 10.0 Å². The predicted molar refractivity (Wildman–Crippen MR) is 98.3 cm³/mol. The van der Waals surface area contributed by atoms with Gasteiger partial charge < -0.3 is 15.8 Å². The van der Waals surface area contributed by atoms with Crippen LogP contribution < -0.4 is 20.5 Å². The van der Waals surface area contributed by atoms with E-state index in [1.54, 1.807) is 30.3 Å². The van der Waals surface area contributed by atoms with Crippen LogP contribution in [0.2, 0.25) is 0 Å². The SMILES string of the molecule is COc1ccc(NC(=O)C(N)c2ccccc2)cc1S(=O)(=O)NC1CC1. The summed E-state index contributed by atoms with van der Waals surface area (Å²) < 4.78 is 32.8. The lowest BCUT2D eigenvalue weighted by atomic mass is 10.1. The highest BCUT2D eigenvalue weighted by Gasteiger charge is 2.30. The molecule has 1 aliphatic carbocycles. The first-order valence-electron chi connectivity index (χ1n) is 8.22. The standard InChI is InChI=1S/C18H21N3O4S/c1-25-15-10-9-14(11-16(15)26(23,24)21-13-7-8-13)20-18(22)17(19)12-5-3-2-4-6-12/h2-6,9-11,13,17,21H,7-8,19H2,1H3,(H,20,22). The number of nitrogens with two attached hydrogens (primary N) is 1. The van der Waals surface area contributed by atoms with E-state index in [0.717, 1.165) is 12.8 Å². The van der Waals surface area contributed by atoms with Gasteiger partial charge in [-0.1, -0.05) is 30.3 Å². The largest absolute Gasteiger partial charge is 0.495 e. The molecule has 2 aromatic carbocycles. The molecule has 2 aromatic rings. The van der Waals surface area contributed by atoms with E-state index in [9.17, 15) is 13.2 Å². The highest BCUT2D eigenvalue weighted by Crippen LogP contribution is 2.30. The number of rotatable bonds is 7. The highest BCUT2D eigenvalue weighted by molar-refractivity contribution is 7.89. The molecule has 7 nitrogen and oxygen atoms in total. The van der Waals surface area contributed by atoms with Gasteiger partial charge in [-0.05, 0) is 36.6 Å². The van der Waals surface area contributed by atoms with E-state index in [1.165, 1.54) is 19.2 Å². The van der Waals surface area contributed by atoms with Gasteiger partial charge in [0.2, 0.25) is 15.9 Å². The number of amides is 1. The Morgan fingerprint density at radius 1 is 1.19 bits per heavy atom. The van der Waals surface area contributed by atoms with E-state index in [1.807, 2.05) is 6.07 Å². The summed E-state index contributed by atoms with van der Waals surface area (Å²) >= 11 is 0. The molecule has 0 saturated heterocycles. The summed E-state index contributed by atoms with van der Waals surface area (Å²) in [5.74, 6) is -0.219. The van der Waals surface area contributed by atoms with Crippen molar-refractivity contribution in [2.24, 2.45) is 5.73 Å². The van der Waals surface area contributed by atoms with E-state index in [0.29, 0.717) is 11.3 Å². The molecular weight excluding hydrogens is 354 g/mol. The molecule has 0 radical (unpaired) electrons. The van der Waals surface area contributed by atoms with Gasteiger partial charge in [0.15, 0.2) is 0 Å². The fourth-order valence-corrected chi connectivity index (χ4v) is 3.98. The molecule has 0 bridgehead atoms. The van der Waals surface area contributed by atoms with Crippen LogP contribution in [-0.4, -0.2) is 27.5 Å². The molecule has 1 fully saturated rings. The number of methoxy groups -OCH3 is 1. The minimum absolute atomic E-state index is 0.0158. The summed E-state index contributed by atoms with van der Waals surface area (Å²) in [6.45, 7) is 0. The lowest BCUT2D eigenvalue weighted by Crippen LogP contribution is -2.28. The van der Waals surface area contributed by atoms with Crippen LogP contribution in [0.15, 0.2) is 53.4 Å². The number of anilines is 1. The number of carbonyl (C=O) groups excluding carboxylic acids is 1. The van der Waals surface area contributed by atoms with E-state index in [-0.39, 0.29) is 16.7 Å². The molecule has 1 amide bonds. The second-order valence-corrected chi connectivity index (χ2v) is 7.82. The zero-order valence-corrected chi connectivity index (χ0v) is 15.1. The average molecular weight is 375 g/mol. The fraction of sp³-hybridized carbons (Fsp3) is 0.278. The molecule has 4 N–H and O–H groups in total. The van der Waals surface area contributed by atoms with Gasteiger partial charge in [0.05, 0.1) is 7.11 Å². The maximum atomic E-state index is 12.5. The molecule has 0 aliphatic heterocycles. The van der Waals surface area contributed by atoms with Crippen molar-refractivity contribution in [2.45, 2.75) is 29.8 Å². The maximum Gasteiger partial charge on any atom is 0.245 e. The number of nitrogens with one attached hydrogen (secondary N) is 2. The van der Waals surface area contributed by atoms with Gasteiger partial charge in [-0.25, -0.2) is 13.1 Å². The number of ether oxygens (including phenoxy) is 1. The zero-order chi connectivity index (χ0) is 18.7. The molecule has 8 heteroatoms. The number of carbonyl (C=O) groups is 1. The van der Waals surface area contributed by atoms with Crippen molar-refractivity contribution in [3.05, 3.63) is 54.1 Å². The van der Waals surface area contributed by atoms with E-state index < -0.39 is 22.0 Å². The molecule has 1 aliphatic rings. The van der Waals surface area contributed by atoms with Crippen LogP contribution in [0.1, 0.15) is 24.4 Å². The Hall–Kier alpha value is -2.42. The van der Waals surface area contributed by atoms with Crippen LogP contribution in [0.4, 0.5) is 5.69 Å². The fourth-order valence-electron chi connectivity index (χ4n) is 2.48. The van der Waals surface area contributed by atoms with Crippen LogP contribution in [0.5, 0.6) is 5.75 Å². The monoisotopic (exact) mass is 375 g/mol. The smallest absolute Gasteiger partial charge is 0.245 e. The third kappa shape index (κ3) is 4.21. The predicted octanol–water partition coefficient (Wildman–Crippen LogP) is 1.77. The Balaban J connectivity index is 1.82. The molecule has 1 saturated carbocycles. The van der Waals surface area contributed by atoms with Gasteiger partial charge in [0, 0.05) is 11.7 Å². The quantitative estimate of drug-likeness (QED) is 0.683. The third-order valence-corrected chi connectivity index (χ3v) is 5.60. The molecule has 1 atom stereocenters. The minimum Gasteiger partial charge on any atom is -0.495 e. The maximum absolute atomic E-state index is 12.5. The van der Waals surface area contributed by atoms with Crippen molar-refractivity contribution >= 4 is 21.6 Å². The van der Waals surface area contributed by atoms with Crippen LogP contribution in [-0.2, 0) is 14.8 Å². The van der Waals surface area contributed by atoms with Gasteiger partial charge in [-0.3, -0.25) is 4.79 Å². The zero-order valence-electron chi connectivity index (χ0n) is 14.3. The highest BCUT2D eigenvalue weighted by atomic mass is 32.2. The Bertz CT molecular complexity index is 896. The molecule has 1 unspecified atom stereocenters. The van der Waals surface area contributed by atoms with Gasteiger partial charge in [0.1, 0.15) is 16.7 Å². The Kier molecular flexibility index (Phi) is 5.26. The summed E-state index contributed by atoms with van der Waals surface area (Å²) in [5, 5.41) is 2.66. The summed E-state index contributed by atoms with van der Waals surface area (Å²) in [5.41, 5.74) is 6.97.